The number of carbonyl (C=O) groups excluding carboxylic acids is 6. The van der Waals surface area contributed by atoms with Crippen molar-refractivity contribution in [1.29, 1.82) is 0 Å². The van der Waals surface area contributed by atoms with Crippen molar-refractivity contribution >= 4 is 78.7 Å². The molecule has 7 aromatic carbocycles. The molecule has 0 unspecified atom stereocenters. The summed E-state index contributed by atoms with van der Waals surface area (Å²) in [6.45, 7) is 1.18. The normalized spacial score (nSPS) is 13.7. The first kappa shape index (κ1) is 38.6. The van der Waals surface area contributed by atoms with Crippen LogP contribution in [-0.4, -0.2) is 71.7 Å². The van der Waals surface area contributed by atoms with Crippen molar-refractivity contribution < 1.29 is 38.2 Å². The highest BCUT2D eigenvalue weighted by Crippen LogP contribution is 2.46. The molecule has 60 heavy (non-hydrogen) atoms. The van der Waals surface area contributed by atoms with Crippen LogP contribution in [0.15, 0.2) is 109 Å². The van der Waals surface area contributed by atoms with Crippen molar-refractivity contribution in [1.82, 2.24) is 9.80 Å². The molecule has 0 radical (unpaired) electrons. The average Bonchev–Trinajstić information content (AvgIpc) is 3.28. The topological polar surface area (TPSA) is 127 Å². The number of fused-ring (bicyclic) bond motifs is 2. The number of carbonyl (C=O) groups is 6. The van der Waals surface area contributed by atoms with Crippen molar-refractivity contribution in [3.8, 4) is 0 Å². The molecule has 0 fully saturated rings. The highest BCUT2D eigenvalue weighted by atomic mass is 16.5. The molecule has 2 heterocycles. The Kier molecular flexibility index (Phi) is 10.5. The quantitative estimate of drug-likeness (QED) is 0.0311. The van der Waals surface area contributed by atoms with E-state index in [0.29, 0.717) is 83.1 Å². The third-order valence-electron chi connectivity index (χ3n) is 11.8. The lowest BCUT2D eigenvalue weighted by Gasteiger charge is -2.30. The Morgan fingerprint density at radius 3 is 1.02 bits per heavy atom. The van der Waals surface area contributed by atoms with Gasteiger partial charge in [0.1, 0.15) is 0 Å². The van der Waals surface area contributed by atoms with Gasteiger partial charge in [-0.3, -0.25) is 29.0 Å². The molecule has 0 atom stereocenters. The smallest absolute Gasteiger partial charge is 0.338 e. The standard InChI is InChI=1S/C50H42N2O8/c53-45-37-23-19-33-35-21-25-39-44-40(48(56)52(47(39)55)28-12-2-4-14-30-60-50(58)32-17-9-6-10-18-32)26-22-36(42(35)44)34-20-24-38(43(37)41(33)34)46(54)51(45)27-11-1-3-13-29-59-49(57)31-15-7-5-8-16-31/h5-10,15-26H,1-4,11-14,27-30H2. The lowest BCUT2D eigenvalue weighted by Crippen LogP contribution is -2.41. The lowest BCUT2D eigenvalue weighted by atomic mass is 9.82. The molecule has 7 aromatic rings. The molecule has 0 bridgehead atoms. The third-order valence-corrected chi connectivity index (χ3v) is 11.8. The van der Waals surface area contributed by atoms with Gasteiger partial charge in [-0.25, -0.2) is 9.59 Å². The first-order valence-corrected chi connectivity index (χ1v) is 20.7. The fourth-order valence-electron chi connectivity index (χ4n) is 8.87. The molecule has 10 nitrogen and oxygen atoms in total. The van der Waals surface area contributed by atoms with Gasteiger partial charge in [0.05, 0.1) is 24.3 Å². The van der Waals surface area contributed by atoms with Crippen LogP contribution in [0.25, 0.3) is 43.1 Å². The highest BCUT2D eigenvalue weighted by molar-refractivity contribution is 6.41. The number of hydrogen-bond donors (Lipinski definition) is 0. The fraction of sp³-hybridized carbons (Fsp3) is 0.240. The minimum absolute atomic E-state index is 0.283. The zero-order chi connectivity index (χ0) is 41.3. The maximum absolute atomic E-state index is 14.0. The van der Waals surface area contributed by atoms with E-state index in [-0.39, 0.29) is 48.7 Å². The van der Waals surface area contributed by atoms with E-state index < -0.39 is 0 Å². The Bertz CT molecular complexity index is 2540. The number of benzene rings is 7. The zero-order valence-corrected chi connectivity index (χ0v) is 33.0. The van der Waals surface area contributed by atoms with Gasteiger partial charge in [-0.15, -0.1) is 0 Å². The first-order chi connectivity index (χ1) is 29.3. The fourth-order valence-corrected chi connectivity index (χ4v) is 8.87. The predicted molar refractivity (Wildman–Crippen MR) is 229 cm³/mol. The van der Waals surface area contributed by atoms with Gasteiger partial charge >= 0.3 is 11.9 Å². The molecular formula is C50H42N2O8. The summed E-state index contributed by atoms with van der Waals surface area (Å²) in [5, 5.41) is 6.28. The van der Waals surface area contributed by atoms with Gasteiger partial charge in [-0.1, -0.05) is 73.5 Å². The number of rotatable bonds is 16. The number of nitrogens with zero attached hydrogens (tertiary/aromatic N) is 2. The van der Waals surface area contributed by atoms with Crippen LogP contribution in [0.3, 0.4) is 0 Å². The van der Waals surface area contributed by atoms with Crippen LogP contribution in [0.4, 0.5) is 0 Å². The van der Waals surface area contributed by atoms with Crippen molar-refractivity contribution in [2.24, 2.45) is 0 Å². The number of amides is 4. The predicted octanol–water partition coefficient (Wildman–Crippen LogP) is 9.76. The van der Waals surface area contributed by atoms with Crippen molar-refractivity contribution in [2.45, 2.75) is 51.4 Å². The minimum atomic E-state index is -0.350. The van der Waals surface area contributed by atoms with Gasteiger partial charge in [0.25, 0.3) is 23.6 Å². The SMILES string of the molecule is O=C(OCCCCCCN1C(=O)c2ccc3c4ccc5c6c(ccc(c7ccc(c2c37)C1=O)c64)C(=O)N(CCCCCCOC(=O)c1ccccc1)C5=O)c1ccccc1. The van der Waals surface area contributed by atoms with Crippen LogP contribution in [0, 0.1) is 0 Å². The zero-order valence-electron chi connectivity index (χ0n) is 33.0. The molecule has 10 heteroatoms. The van der Waals surface area contributed by atoms with Crippen LogP contribution in [0.1, 0.15) is 114 Å². The largest absolute Gasteiger partial charge is 0.462 e. The number of esters is 2. The summed E-state index contributed by atoms with van der Waals surface area (Å²) >= 11 is 0. The third kappa shape index (κ3) is 6.81. The molecule has 9 rings (SSSR count). The van der Waals surface area contributed by atoms with E-state index in [1.165, 1.54) is 9.80 Å². The maximum Gasteiger partial charge on any atom is 0.338 e. The Balaban J connectivity index is 0.879. The van der Waals surface area contributed by atoms with Gasteiger partial charge in [-0.05, 0) is 119 Å². The van der Waals surface area contributed by atoms with Gasteiger partial charge in [0, 0.05) is 46.1 Å². The van der Waals surface area contributed by atoms with Gasteiger partial charge in [0.2, 0.25) is 0 Å². The monoisotopic (exact) mass is 798 g/mol. The number of imide groups is 2. The Morgan fingerprint density at radius 2 is 0.683 bits per heavy atom. The van der Waals surface area contributed by atoms with Gasteiger partial charge in [0.15, 0.2) is 0 Å². The van der Waals surface area contributed by atoms with E-state index in [1.54, 1.807) is 72.8 Å². The second-order valence-corrected chi connectivity index (χ2v) is 15.5. The summed E-state index contributed by atoms with van der Waals surface area (Å²) in [6.07, 6.45) is 5.74. The molecule has 0 spiro atoms. The van der Waals surface area contributed by atoms with Crippen molar-refractivity contribution in [3.05, 3.63) is 143 Å². The van der Waals surface area contributed by atoms with E-state index in [0.717, 1.165) is 58.0 Å². The van der Waals surface area contributed by atoms with E-state index in [1.807, 2.05) is 36.4 Å². The summed E-state index contributed by atoms with van der Waals surface area (Å²) < 4.78 is 10.8. The lowest BCUT2D eigenvalue weighted by molar-refractivity contribution is 0.0487. The highest BCUT2D eigenvalue weighted by Gasteiger charge is 2.36. The van der Waals surface area contributed by atoms with Gasteiger partial charge in [-0.2, -0.15) is 0 Å². The molecule has 0 saturated heterocycles. The minimum Gasteiger partial charge on any atom is -0.462 e. The summed E-state index contributed by atoms with van der Waals surface area (Å²) in [5.74, 6) is -2.01. The van der Waals surface area contributed by atoms with Crippen LogP contribution in [0.2, 0.25) is 0 Å². The molecule has 2 aliphatic heterocycles. The van der Waals surface area contributed by atoms with E-state index in [4.69, 9.17) is 9.47 Å². The van der Waals surface area contributed by atoms with Crippen LogP contribution in [-0.2, 0) is 9.47 Å². The number of hydrogen-bond acceptors (Lipinski definition) is 8. The molecular weight excluding hydrogens is 757 g/mol. The summed E-state index contributed by atoms with van der Waals surface area (Å²) in [5.41, 5.74) is 2.93. The Morgan fingerprint density at radius 1 is 0.367 bits per heavy atom. The van der Waals surface area contributed by atoms with Crippen LogP contribution in [0.5, 0.6) is 0 Å². The average molecular weight is 799 g/mol. The Hall–Kier alpha value is -6.94. The second kappa shape index (κ2) is 16.4. The molecule has 300 valence electrons. The van der Waals surface area contributed by atoms with Gasteiger partial charge < -0.3 is 9.47 Å². The van der Waals surface area contributed by atoms with Crippen LogP contribution < -0.4 is 0 Å². The van der Waals surface area contributed by atoms with Crippen molar-refractivity contribution in [3.63, 3.8) is 0 Å². The molecule has 4 amide bonds. The second-order valence-electron chi connectivity index (χ2n) is 15.5. The molecule has 2 aliphatic rings. The summed E-state index contributed by atoms with van der Waals surface area (Å²) in [7, 11) is 0. The first-order valence-electron chi connectivity index (χ1n) is 20.7. The van der Waals surface area contributed by atoms with E-state index >= 15 is 0 Å². The molecule has 0 aliphatic carbocycles. The van der Waals surface area contributed by atoms with E-state index in [9.17, 15) is 28.8 Å². The molecule has 0 saturated carbocycles. The summed E-state index contributed by atoms with van der Waals surface area (Å²) in [6, 6.07) is 32.6. The number of unbranched alkanes of at least 4 members (excludes halogenated alkanes) is 6. The Labute approximate surface area is 346 Å². The molecule has 0 N–H and O–H groups in total. The summed E-state index contributed by atoms with van der Waals surface area (Å²) in [4.78, 5) is 82.9. The van der Waals surface area contributed by atoms with E-state index in [2.05, 4.69) is 0 Å². The molecule has 0 aromatic heterocycles. The van der Waals surface area contributed by atoms with Crippen molar-refractivity contribution in [2.75, 3.05) is 26.3 Å². The van der Waals surface area contributed by atoms with Crippen LogP contribution >= 0.6 is 0 Å². The number of ether oxygens (including phenoxy) is 2. The maximum atomic E-state index is 14.0.